The summed E-state index contributed by atoms with van der Waals surface area (Å²) in [4.78, 5) is 29.6. The van der Waals surface area contributed by atoms with E-state index in [1.165, 1.54) is 18.4 Å². The van der Waals surface area contributed by atoms with Gasteiger partial charge in [0.25, 0.3) is 0 Å². The molecule has 1 aromatic heterocycles. The molecule has 0 aromatic carbocycles. The average molecular weight is 342 g/mol. The molecule has 2 rings (SSSR count). The Morgan fingerprint density at radius 1 is 1.43 bits per heavy atom. The third kappa shape index (κ3) is 4.42. The molecule has 1 aliphatic rings. The SMILES string of the molecule is COC(=O)COC1(c2nccs2)CCN(C(=O)OC(C)(C)C)C1. The fourth-order valence-corrected chi connectivity index (χ4v) is 3.14. The van der Waals surface area contributed by atoms with E-state index in [0.29, 0.717) is 19.5 Å². The number of hydrogen-bond donors (Lipinski definition) is 0. The molecule has 2 heterocycles. The number of rotatable bonds is 4. The zero-order valence-corrected chi connectivity index (χ0v) is 14.6. The number of amides is 1. The minimum atomic E-state index is -0.792. The molecular weight excluding hydrogens is 320 g/mol. The Bertz CT molecular complexity index is 555. The van der Waals surface area contributed by atoms with Gasteiger partial charge in [-0.1, -0.05) is 0 Å². The second-order valence-electron chi connectivity index (χ2n) is 6.35. The number of ether oxygens (including phenoxy) is 3. The van der Waals surface area contributed by atoms with Gasteiger partial charge in [-0.15, -0.1) is 11.3 Å². The molecule has 8 heteroatoms. The minimum absolute atomic E-state index is 0.182. The smallest absolute Gasteiger partial charge is 0.410 e. The predicted octanol–water partition coefficient (Wildman–Crippen LogP) is 2.17. The van der Waals surface area contributed by atoms with Crippen LogP contribution in [0.25, 0.3) is 0 Å². The number of methoxy groups -OCH3 is 1. The number of thiazole rings is 1. The molecule has 0 aliphatic carbocycles. The first-order chi connectivity index (χ1) is 10.8. The number of aromatic nitrogens is 1. The van der Waals surface area contributed by atoms with Crippen LogP contribution >= 0.6 is 11.3 Å². The summed E-state index contributed by atoms with van der Waals surface area (Å²) in [5.74, 6) is -0.461. The largest absolute Gasteiger partial charge is 0.467 e. The van der Waals surface area contributed by atoms with Crippen molar-refractivity contribution in [2.75, 3.05) is 26.8 Å². The van der Waals surface area contributed by atoms with Crippen LogP contribution in [0.1, 0.15) is 32.2 Å². The van der Waals surface area contributed by atoms with E-state index in [0.717, 1.165) is 5.01 Å². The van der Waals surface area contributed by atoms with Crippen LogP contribution in [0.5, 0.6) is 0 Å². The molecule has 1 amide bonds. The summed E-state index contributed by atoms with van der Waals surface area (Å²) in [6.45, 7) is 6.06. The first kappa shape index (κ1) is 17.7. The summed E-state index contributed by atoms with van der Waals surface area (Å²) in [5, 5.41) is 2.59. The summed E-state index contributed by atoms with van der Waals surface area (Å²) in [6.07, 6.45) is 1.84. The second-order valence-corrected chi connectivity index (χ2v) is 7.24. The lowest BCUT2D eigenvalue weighted by atomic mass is 10.0. The minimum Gasteiger partial charge on any atom is -0.467 e. The Labute approximate surface area is 139 Å². The van der Waals surface area contributed by atoms with Gasteiger partial charge in [-0.2, -0.15) is 0 Å². The Morgan fingerprint density at radius 2 is 2.17 bits per heavy atom. The average Bonchev–Trinajstić information content (AvgIpc) is 3.12. The lowest BCUT2D eigenvalue weighted by Gasteiger charge is -2.28. The van der Waals surface area contributed by atoms with Gasteiger partial charge < -0.3 is 19.1 Å². The van der Waals surface area contributed by atoms with E-state index in [1.807, 2.05) is 26.2 Å². The van der Waals surface area contributed by atoms with E-state index >= 15 is 0 Å². The molecule has 0 radical (unpaired) electrons. The van der Waals surface area contributed by atoms with Gasteiger partial charge in [0.1, 0.15) is 22.8 Å². The fraction of sp³-hybridized carbons (Fsp3) is 0.667. The molecule has 1 aromatic rings. The first-order valence-electron chi connectivity index (χ1n) is 7.34. The van der Waals surface area contributed by atoms with Crippen molar-refractivity contribution in [2.45, 2.75) is 38.4 Å². The maximum atomic E-state index is 12.3. The summed E-state index contributed by atoms with van der Waals surface area (Å²) >= 11 is 1.44. The van der Waals surface area contributed by atoms with Crippen molar-refractivity contribution in [1.82, 2.24) is 9.88 Å². The predicted molar refractivity (Wildman–Crippen MR) is 84.2 cm³/mol. The highest BCUT2D eigenvalue weighted by atomic mass is 32.1. The van der Waals surface area contributed by atoms with E-state index in [2.05, 4.69) is 9.72 Å². The van der Waals surface area contributed by atoms with Crippen molar-refractivity contribution in [3.05, 3.63) is 16.6 Å². The molecule has 1 aliphatic heterocycles. The highest BCUT2D eigenvalue weighted by Crippen LogP contribution is 2.37. The van der Waals surface area contributed by atoms with E-state index in [-0.39, 0.29) is 6.61 Å². The van der Waals surface area contributed by atoms with Crippen LogP contribution in [0.3, 0.4) is 0 Å². The van der Waals surface area contributed by atoms with Gasteiger partial charge in [0.05, 0.1) is 13.7 Å². The molecule has 1 fully saturated rings. The van der Waals surface area contributed by atoms with E-state index in [4.69, 9.17) is 9.47 Å². The quantitative estimate of drug-likeness (QED) is 0.781. The van der Waals surface area contributed by atoms with Gasteiger partial charge in [0.15, 0.2) is 0 Å². The van der Waals surface area contributed by atoms with Crippen LogP contribution in [-0.4, -0.2) is 54.4 Å². The normalized spacial score (nSPS) is 21.3. The van der Waals surface area contributed by atoms with Crippen molar-refractivity contribution in [2.24, 2.45) is 0 Å². The molecule has 0 N–H and O–H groups in total. The van der Waals surface area contributed by atoms with Crippen molar-refractivity contribution >= 4 is 23.4 Å². The molecule has 0 saturated carbocycles. The number of nitrogens with zero attached hydrogens (tertiary/aromatic N) is 2. The molecule has 1 atom stereocenters. The Hall–Kier alpha value is -1.67. The van der Waals surface area contributed by atoms with Gasteiger partial charge in [-0.25, -0.2) is 14.6 Å². The molecule has 128 valence electrons. The van der Waals surface area contributed by atoms with Crippen LogP contribution in [0, 0.1) is 0 Å². The van der Waals surface area contributed by atoms with E-state index < -0.39 is 23.3 Å². The van der Waals surface area contributed by atoms with Crippen LogP contribution in [-0.2, 0) is 24.6 Å². The zero-order valence-electron chi connectivity index (χ0n) is 13.8. The number of esters is 1. The van der Waals surface area contributed by atoms with E-state index in [9.17, 15) is 9.59 Å². The topological polar surface area (TPSA) is 78.0 Å². The van der Waals surface area contributed by atoms with Crippen molar-refractivity contribution in [1.29, 1.82) is 0 Å². The summed E-state index contributed by atoms with van der Waals surface area (Å²) in [5.41, 5.74) is -1.35. The standard InChI is InChI=1S/C15H22N2O5S/c1-14(2,3)22-13(19)17-7-5-15(10-17,12-16-6-8-23-12)21-9-11(18)20-4/h6,8H,5,7,9-10H2,1-4H3. The molecule has 7 nitrogen and oxygen atoms in total. The molecule has 1 unspecified atom stereocenters. The van der Waals surface area contributed by atoms with Crippen molar-refractivity contribution in [3.8, 4) is 0 Å². The monoisotopic (exact) mass is 342 g/mol. The Morgan fingerprint density at radius 3 is 2.74 bits per heavy atom. The highest BCUT2D eigenvalue weighted by Gasteiger charge is 2.46. The second kappa shape index (κ2) is 6.84. The van der Waals surface area contributed by atoms with Gasteiger partial charge >= 0.3 is 12.1 Å². The van der Waals surface area contributed by atoms with Gasteiger partial charge in [-0.3, -0.25) is 0 Å². The third-order valence-electron chi connectivity index (χ3n) is 3.40. The number of carbonyl (C=O) groups is 2. The van der Waals surface area contributed by atoms with Crippen LogP contribution in [0.15, 0.2) is 11.6 Å². The summed E-state index contributed by atoms with van der Waals surface area (Å²) in [7, 11) is 1.31. The molecule has 0 spiro atoms. The summed E-state index contributed by atoms with van der Waals surface area (Å²) < 4.78 is 15.9. The Balaban J connectivity index is 2.11. The lowest BCUT2D eigenvalue weighted by molar-refractivity contribution is -0.153. The van der Waals surface area contributed by atoms with Gasteiger partial charge in [0.2, 0.25) is 0 Å². The molecule has 1 saturated heterocycles. The van der Waals surface area contributed by atoms with Crippen LogP contribution in [0.4, 0.5) is 4.79 Å². The number of likely N-dealkylation sites (tertiary alicyclic amines) is 1. The van der Waals surface area contributed by atoms with Crippen molar-refractivity contribution < 1.29 is 23.8 Å². The summed E-state index contributed by atoms with van der Waals surface area (Å²) in [6, 6.07) is 0. The Kier molecular flexibility index (Phi) is 5.26. The lowest BCUT2D eigenvalue weighted by Crippen LogP contribution is -2.40. The molecule has 23 heavy (non-hydrogen) atoms. The van der Waals surface area contributed by atoms with Crippen LogP contribution in [0.2, 0.25) is 0 Å². The van der Waals surface area contributed by atoms with Gasteiger partial charge in [0, 0.05) is 24.5 Å². The maximum absolute atomic E-state index is 12.3. The zero-order chi connectivity index (χ0) is 17.1. The fourth-order valence-electron chi connectivity index (χ4n) is 2.32. The molecular formula is C15H22N2O5S. The first-order valence-corrected chi connectivity index (χ1v) is 8.22. The highest BCUT2D eigenvalue weighted by molar-refractivity contribution is 7.09. The molecule has 0 bridgehead atoms. The third-order valence-corrected chi connectivity index (χ3v) is 4.36. The van der Waals surface area contributed by atoms with Crippen molar-refractivity contribution in [3.63, 3.8) is 0 Å². The number of carbonyl (C=O) groups excluding carboxylic acids is 2. The van der Waals surface area contributed by atoms with Crippen LogP contribution < -0.4 is 0 Å². The maximum Gasteiger partial charge on any atom is 0.410 e. The van der Waals surface area contributed by atoms with E-state index in [1.54, 1.807) is 11.1 Å². The number of hydrogen-bond acceptors (Lipinski definition) is 7. The van der Waals surface area contributed by atoms with Gasteiger partial charge in [-0.05, 0) is 20.8 Å².